The number of carbonyl (C=O) groups excluding carboxylic acids is 6. The molecule has 0 saturated carbocycles. The Kier molecular flexibility index (Phi) is 28.0. The summed E-state index contributed by atoms with van der Waals surface area (Å²) >= 11 is 0. The predicted octanol–water partition coefficient (Wildman–Crippen LogP) is -18.7. The number of aliphatic imine (C=N–C) groups is 6. The molecular weight excluding hydrogens is 1130 g/mol. The Balaban J connectivity index is 0.00000252. The zero-order valence-corrected chi connectivity index (χ0v) is 59.5. The molecule has 18 nitrogen and oxygen atoms in total. The molecule has 6 aliphatic rings. The molecule has 4 aliphatic heterocycles. The molecule has 0 unspecified atom stereocenters. The molecule has 390 valence electrons. The molecule has 0 aromatic heterocycles. The van der Waals surface area contributed by atoms with Crippen LogP contribution >= 0.6 is 0 Å². The zero-order valence-electron chi connectivity index (χ0n) is 47.5. The van der Waals surface area contributed by atoms with Gasteiger partial charge in [-0.3, -0.25) is 30.0 Å². The molecule has 24 heteroatoms. The summed E-state index contributed by atoms with van der Waals surface area (Å²) in [6.07, 6.45) is 8.11. The summed E-state index contributed by atoms with van der Waals surface area (Å²) < 4.78 is 0. The average molecular weight is 1180 g/mol. The van der Waals surface area contributed by atoms with Crippen molar-refractivity contribution in [1.29, 1.82) is 0 Å². The van der Waals surface area contributed by atoms with Crippen LogP contribution in [0.25, 0.3) is 0 Å². The molecule has 14 bridgehead atoms. The standard InChI is InChI=1S/C60H48N6O12.6Na/c67-55(68)49-21-37-11-31-1-3-33-25-61-5-6-62-26-34-4-2-32-12-38-22-50(56(69)70)44-16-36(38)14-40-24-52(58(73)74)46(18-42(40)20-48(32)54(34)60(77)78)30-66-10-9-65-29-45-17-41(19-47(31)53(33)59(75)76)39(23-51(45)57(71)72)13-35(37)15-43(49)27-63-7-8-64-28-44;;;;;;/h1-4,15-18,21-30H,5-14,19-20H2,(H,67,68)(H,69,70)(H,71,72)(H,73,74)(H,75,76)(H,77,78);;;;;;/q;6*+1/p-6. The fourth-order valence-corrected chi connectivity index (χ4v) is 10.7. The van der Waals surface area contributed by atoms with Gasteiger partial charge in [-0.15, -0.1) is 0 Å². The van der Waals surface area contributed by atoms with Crippen molar-refractivity contribution in [3.05, 3.63) is 206 Å². The van der Waals surface area contributed by atoms with Crippen LogP contribution in [0.2, 0.25) is 0 Å². The van der Waals surface area contributed by atoms with E-state index in [0.29, 0.717) is 66.8 Å². The SMILES string of the molecule is O=C([O-])c1cc2c3cc1C=NCCN=Cc1cc4c(cc1C(=O)[O-])Cc1cc5c(C(=O)[O-])cc1Cc1ccc(c(C(=O)[O-])c1C4)C=NCCN=Cc1ccc(c(c1C(=O)[O-])C3)Cc1cc(C(=O)[O-])c(cc1C2)C=NCCN=C5.[Na+].[Na+].[Na+].[Na+].[Na+].[Na+]. The summed E-state index contributed by atoms with van der Waals surface area (Å²) in [7, 11) is 0. The number of fused-ring (bicyclic) bond motifs is 3. The molecule has 6 aromatic rings. The molecule has 6 aromatic carbocycles. The largest absolute Gasteiger partial charge is 1.00 e. The Morgan fingerprint density at radius 1 is 0.262 bits per heavy atom. The van der Waals surface area contributed by atoms with E-state index < -0.39 is 35.8 Å². The maximum Gasteiger partial charge on any atom is 1.00 e. The number of hydrogen-bond donors (Lipinski definition) is 0. The molecule has 4 heterocycles. The molecule has 0 spiro atoms. The summed E-state index contributed by atoms with van der Waals surface area (Å²) in [5.74, 6) is -9.18. The van der Waals surface area contributed by atoms with Crippen LogP contribution < -0.4 is 208 Å². The number of carboxylic acids is 6. The fraction of sp³-hybridized carbons (Fsp3) is 0.200. The molecule has 2 aliphatic carbocycles. The summed E-state index contributed by atoms with van der Waals surface area (Å²) in [4.78, 5) is 105. The molecule has 12 rings (SSSR count). The van der Waals surface area contributed by atoms with Crippen LogP contribution in [-0.2, 0) is 38.5 Å². The van der Waals surface area contributed by atoms with E-state index in [1.54, 1.807) is 48.5 Å². The van der Waals surface area contributed by atoms with Crippen molar-refractivity contribution in [3.8, 4) is 0 Å². The van der Waals surface area contributed by atoms with Crippen molar-refractivity contribution < 1.29 is 237 Å². The van der Waals surface area contributed by atoms with Crippen molar-refractivity contribution in [1.82, 2.24) is 0 Å². The van der Waals surface area contributed by atoms with Crippen LogP contribution in [0.15, 0.2) is 103 Å². The molecular formula is C60H42N6Na6O12. The van der Waals surface area contributed by atoms with Gasteiger partial charge in [0.2, 0.25) is 0 Å². The van der Waals surface area contributed by atoms with Crippen LogP contribution in [0.3, 0.4) is 0 Å². The van der Waals surface area contributed by atoms with E-state index >= 15 is 0 Å². The summed E-state index contributed by atoms with van der Waals surface area (Å²) in [6.45, 7) is -0.0308. The second kappa shape index (κ2) is 32.4. The van der Waals surface area contributed by atoms with E-state index in [1.165, 1.54) is 61.6 Å². The molecule has 84 heavy (non-hydrogen) atoms. The van der Waals surface area contributed by atoms with Crippen LogP contribution in [0.1, 0.15) is 162 Å². The second-order valence-electron chi connectivity index (χ2n) is 19.2. The van der Waals surface area contributed by atoms with Crippen molar-refractivity contribution in [2.75, 3.05) is 39.3 Å². The Hall–Kier alpha value is -3.84. The van der Waals surface area contributed by atoms with Gasteiger partial charge in [-0.25, -0.2) is 0 Å². The van der Waals surface area contributed by atoms with Gasteiger partial charge in [0.1, 0.15) is 0 Å². The number of rotatable bonds is 6. The van der Waals surface area contributed by atoms with Gasteiger partial charge in [-0.05, 0) is 154 Å². The second-order valence-corrected chi connectivity index (χ2v) is 19.2. The van der Waals surface area contributed by atoms with Gasteiger partial charge in [0.05, 0.1) is 75.1 Å². The number of carboxylic acid groups (broad SMARTS) is 6. The summed E-state index contributed by atoms with van der Waals surface area (Å²) in [5, 5.41) is 78.2. The first-order chi connectivity index (χ1) is 37.6. The first-order valence-electron chi connectivity index (χ1n) is 24.8. The van der Waals surface area contributed by atoms with Gasteiger partial charge in [0.25, 0.3) is 0 Å². The smallest absolute Gasteiger partial charge is 0.545 e. The van der Waals surface area contributed by atoms with Gasteiger partial charge in [0, 0.05) is 104 Å². The Labute approximate surface area is 615 Å². The van der Waals surface area contributed by atoms with E-state index in [2.05, 4.69) is 30.0 Å². The Morgan fingerprint density at radius 3 is 0.714 bits per heavy atom. The first kappa shape index (κ1) is 72.6. The van der Waals surface area contributed by atoms with E-state index in [0.717, 1.165) is 0 Å². The zero-order chi connectivity index (χ0) is 54.8. The molecule has 0 N–H and O–H groups in total. The van der Waals surface area contributed by atoms with Gasteiger partial charge in [-0.1, -0.05) is 24.3 Å². The Bertz CT molecular complexity index is 3580. The van der Waals surface area contributed by atoms with Crippen molar-refractivity contribution >= 4 is 73.1 Å². The number of carbonyl (C=O) groups is 6. The third kappa shape index (κ3) is 16.3. The van der Waals surface area contributed by atoms with E-state index in [9.17, 15) is 59.4 Å². The van der Waals surface area contributed by atoms with Crippen molar-refractivity contribution in [3.63, 3.8) is 0 Å². The number of nitrogens with zero attached hydrogens (tertiary/aromatic N) is 6. The number of benzene rings is 6. The Morgan fingerprint density at radius 2 is 0.476 bits per heavy atom. The minimum atomic E-state index is -1.53. The third-order valence-corrected chi connectivity index (χ3v) is 14.4. The van der Waals surface area contributed by atoms with Crippen LogP contribution in [0.4, 0.5) is 0 Å². The van der Waals surface area contributed by atoms with Crippen LogP contribution in [-0.4, -0.2) is 112 Å². The van der Waals surface area contributed by atoms with Gasteiger partial charge in [0.15, 0.2) is 0 Å². The van der Waals surface area contributed by atoms with Gasteiger partial charge in [-0.2, -0.15) is 0 Å². The van der Waals surface area contributed by atoms with Gasteiger partial charge >= 0.3 is 177 Å². The normalized spacial score (nSPS) is 13.6. The topological polar surface area (TPSA) is 315 Å². The third-order valence-electron chi connectivity index (χ3n) is 14.4. The monoisotopic (exact) mass is 1180 g/mol. The molecule has 0 amide bonds. The van der Waals surface area contributed by atoms with E-state index in [-0.39, 0.29) is 322 Å². The first-order valence-corrected chi connectivity index (χ1v) is 24.8. The predicted molar refractivity (Wildman–Crippen MR) is 276 cm³/mol. The maximum atomic E-state index is 13.3. The number of hydrogen-bond acceptors (Lipinski definition) is 18. The molecule has 0 saturated heterocycles. The van der Waals surface area contributed by atoms with Crippen molar-refractivity contribution in [2.45, 2.75) is 38.5 Å². The van der Waals surface area contributed by atoms with Gasteiger partial charge < -0.3 is 59.4 Å². The minimum absolute atomic E-state index is 0. The fourth-order valence-electron chi connectivity index (χ4n) is 10.7. The maximum absolute atomic E-state index is 13.3. The minimum Gasteiger partial charge on any atom is -0.545 e. The number of aromatic carboxylic acids is 6. The molecule has 0 radical (unpaired) electrons. The quantitative estimate of drug-likeness (QED) is 0.140. The van der Waals surface area contributed by atoms with E-state index in [4.69, 9.17) is 0 Å². The average Bonchev–Trinajstić information content (AvgIpc) is 3.73. The van der Waals surface area contributed by atoms with Crippen LogP contribution in [0, 0.1) is 0 Å². The summed E-state index contributed by atoms with van der Waals surface area (Å²) in [5.41, 5.74) is 5.15. The van der Waals surface area contributed by atoms with E-state index in [1.807, 2.05) is 0 Å². The van der Waals surface area contributed by atoms with Crippen molar-refractivity contribution in [2.24, 2.45) is 30.0 Å². The molecule has 0 atom stereocenters. The summed E-state index contributed by atoms with van der Waals surface area (Å²) in [6, 6.07) is 18.7. The molecule has 0 fully saturated rings. The van der Waals surface area contributed by atoms with Crippen LogP contribution in [0.5, 0.6) is 0 Å².